The molecule has 28 heavy (non-hydrogen) atoms. The lowest BCUT2D eigenvalue weighted by molar-refractivity contribution is -0.143. The third-order valence-electron chi connectivity index (χ3n) is 4.39. The maximum atomic E-state index is 12.7. The van der Waals surface area contributed by atoms with E-state index >= 15 is 0 Å². The number of carbonyl (C=O) groups excluding carboxylic acids is 2. The zero-order valence-corrected chi connectivity index (χ0v) is 15.8. The molecule has 1 aromatic rings. The summed E-state index contributed by atoms with van der Waals surface area (Å²) in [5.41, 5.74) is 6.24. The van der Waals surface area contributed by atoms with Crippen LogP contribution in [0.15, 0.2) is 12.5 Å². The highest BCUT2D eigenvalue weighted by molar-refractivity contribution is 5.92. The van der Waals surface area contributed by atoms with Crippen molar-refractivity contribution in [1.82, 2.24) is 20.6 Å². The maximum Gasteiger partial charge on any atom is 0.326 e. The van der Waals surface area contributed by atoms with Gasteiger partial charge in [0.15, 0.2) is 0 Å². The van der Waals surface area contributed by atoms with E-state index in [2.05, 4.69) is 20.6 Å². The number of carboxylic acids is 2. The zero-order valence-electron chi connectivity index (χ0n) is 15.8. The predicted molar refractivity (Wildman–Crippen MR) is 98.1 cm³/mol. The van der Waals surface area contributed by atoms with Crippen molar-refractivity contribution >= 4 is 23.8 Å². The van der Waals surface area contributed by atoms with Crippen LogP contribution in [0.1, 0.15) is 38.8 Å². The number of carbonyl (C=O) groups is 4. The molecule has 0 spiro atoms. The molecule has 0 fully saturated rings. The number of nitrogens with two attached hydrogens (primary N) is 1. The van der Waals surface area contributed by atoms with Gasteiger partial charge in [-0.2, -0.15) is 0 Å². The lowest BCUT2D eigenvalue weighted by Gasteiger charge is -2.25. The average molecular weight is 397 g/mol. The quantitative estimate of drug-likeness (QED) is 0.265. The van der Waals surface area contributed by atoms with Crippen molar-refractivity contribution in [3.05, 3.63) is 18.2 Å². The Hall–Kier alpha value is -2.95. The van der Waals surface area contributed by atoms with Crippen LogP contribution in [0.25, 0.3) is 0 Å². The van der Waals surface area contributed by atoms with E-state index in [1.54, 1.807) is 13.8 Å². The monoisotopic (exact) mass is 397 g/mol. The predicted octanol–water partition coefficient (Wildman–Crippen LogP) is -0.755. The summed E-state index contributed by atoms with van der Waals surface area (Å²) in [6, 6.07) is -3.33. The molecule has 1 aromatic heterocycles. The van der Waals surface area contributed by atoms with E-state index in [1.807, 2.05) is 0 Å². The topological polar surface area (TPSA) is 187 Å². The minimum Gasteiger partial charge on any atom is -0.481 e. The minimum atomic E-state index is -1.17. The normalized spacial score (nSPS) is 15.1. The molecule has 0 aliphatic rings. The van der Waals surface area contributed by atoms with Crippen LogP contribution >= 0.6 is 0 Å². The second-order valence-electron chi connectivity index (χ2n) is 6.59. The number of aromatic nitrogens is 2. The van der Waals surface area contributed by atoms with Gasteiger partial charge in [0.05, 0.1) is 12.4 Å². The molecule has 0 bridgehead atoms. The molecular formula is C17H27N5O6. The first kappa shape index (κ1) is 23.1. The van der Waals surface area contributed by atoms with Gasteiger partial charge in [0.25, 0.3) is 0 Å². The SMILES string of the molecule is CC[C@H](C)[C@H](NC(=O)[C@H](Cc1cnc[nH]1)NC(=O)[C@@H](N)CCC(=O)O)C(=O)O. The Kier molecular flexibility index (Phi) is 9.09. The fraction of sp³-hybridized carbons (Fsp3) is 0.588. The molecule has 0 aromatic carbocycles. The Morgan fingerprint density at radius 1 is 1.21 bits per heavy atom. The van der Waals surface area contributed by atoms with Crippen molar-refractivity contribution in [2.45, 2.75) is 57.7 Å². The Labute approximate surface area is 162 Å². The highest BCUT2D eigenvalue weighted by Crippen LogP contribution is 2.09. The number of imidazole rings is 1. The Morgan fingerprint density at radius 2 is 1.89 bits per heavy atom. The fourth-order valence-electron chi connectivity index (χ4n) is 2.45. The van der Waals surface area contributed by atoms with E-state index in [-0.39, 0.29) is 25.2 Å². The Morgan fingerprint density at radius 3 is 2.39 bits per heavy atom. The molecule has 156 valence electrons. The van der Waals surface area contributed by atoms with Crippen LogP contribution in [-0.2, 0) is 25.6 Å². The summed E-state index contributed by atoms with van der Waals surface area (Å²) in [5, 5.41) is 23.0. The molecule has 0 aliphatic carbocycles. The number of nitrogens with one attached hydrogen (secondary N) is 3. The van der Waals surface area contributed by atoms with Gasteiger partial charge in [-0.05, 0) is 12.3 Å². The molecule has 0 unspecified atom stereocenters. The highest BCUT2D eigenvalue weighted by atomic mass is 16.4. The van der Waals surface area contributed by atoms with Gasteiger partial charge < -0.3 is 31.6 Å². The van der Waals surface area contributed by atoms with E-state index < -0.39 is 41.9 Å². The maximum absolute atomic E-state index is 12.7. The fourth-order valence-corrected chi connectivity index (χ4v) is 2.45. The average Bonchev–Trinajstić information content (AvgIpc) is 3.15. The van der Waals surface area contributed by atoms with Crippen molar-refractivity contribution in [2.75, 3.05) is 0 Å². The summed E-state index contributed by atoms with van der Waals surface area (Å²) >= 11 is 0. The number of aromatic amines is 1. The Balaban J connectivity index is 2.88. The number of H-pyrrole nitrogens is 1. The molecule has 0 radical (unpaired) electrons. The van der Waals surface area contributed by atoms with Crippen LogP contribution in [0, 0.1) is 5.92 Å². The number of nitrogens with zero attached hydrogens (tertiary/aromatic N) is 1. The van der Waals surface area contributed by atoms with Crippen LogP contribution in [0.2, 0.25) is 0 Å². The zero-order chi connectivity index (χ0) is 21.3. The summed E-state index contributed by atoms with van der Waals surface area (Å²) in [6.45, 7) is 3.50. The first-order valence-electron chi connectivity index (χ1n) is 8.93. The van der Waals surface area contributed by atoms with Gasteiger partial charge in [0, 0.05) is 24.7 Å². The molecular weight excluding hydrogens is 370 g/mol. The van der Waals surface area contributed by atoms with Crippen LogP contribution in [0.5, 0.6) is 0 Å². The number of carboxylic acid groups (broad SMARTS) is 2. The van der Waals surface area contributed by atoms with Crippen LogP contribution in [-0.4, -0.2) is 62.1 Å². The summed E-state index contributed by atoms with van der Waals surface area (Å²) in [4.78, 5) is 53.7. The standard InChI is InChI=1S/C17H27N5O6/c1-3-9(2)14(17(27)28)22-16(26)12(6-10-7-19-8-20-10)21-15(25)11(18)4-5-13(23)24/h7-9,11-12,14H,3-6,18H2,1-2H3,(H,19,20)(H,21,25)(H,22,26)(H,23,24)(H,27,28)/t9-,11-,12-,14-/m0/s1. The van der Waals surface area contributed by atoms with E-state index in [0.717, 1.165) is 0 Å². The highest BCUT2D eigenvalue weighted by Gasteiger charge is 2.30. The summed E-state index contributed by atoms with van der Waals surface area (Å²) in [5.74, 6) is -3.96. The smallest absolute Gasteiger partial charge is 0.326 e. The lowest BCUT2D eigenvalue weighted by Crippen LogP contribution is -2.56. The second kappa shape index (κ2) is 11.0. The summed E-state index contributed by atoms with van der Waals surface area (Å²) in [6.07, 6.45) is 3.07. The van der Waals surface area contributed by atoms with Gasteiger partial charge in [-0.25, -0.2) is 9.78 Å². The molecule has 0 saturated heterocycles. The van der Waals surface area contributed by atoms with E-state index in [9.17, 15) is 24.3 Å². The molecule has 4 atom stereocenters. The lowest BCUT2D eigenvalue weighted by atomic mass is 9.98. The molecule has 7 N–H and O–H groups in total. The largest absolute Gasteiger partial charge is 0.481 e. The van der Waals surface area contributed by atoms with Gasteiger partial charge in [-0.3, -0.25) is 14.4 Å². The number of hydrogen-bond acceptors (Lipinski definition) is 6. The molecule has 11 nitrogen and oxygen atoms in total. The number of aliphatic carboxylic acids is 2. The van der Waals surface area contributed by atoms with Crippen LogP contribution in [0.3, 0.4) is 0 Å². The molecule has 11 heteroatoms. The minimum absolute atomic E-state index is 0.0378. The first-order chi connectivity index (χ1) is 13.1. The number of hydrogen-bond donors (Lipinski definition) is 6. The van der Waals surface area contributed by atoms with Crippen molar-refractivity contribution in [3.63, 3.8) is 0 Å². The molecule has 1 rings (SSSR count). The number of rotatable bonds is 12. The van der Waals surface area contributed by atoms with Gasteiger partial charge in [0.1, 0.15) is 12.1 Å². The van der Waals surface area contributed by atoms with Crippen molar-refractivity contribution in [3.8, 4) is 0 Å². The van der Waals surface area contributed by atoms with Gasteiger partial charge in [0.2, 0.25) is 11.8 Å². The van der Waals surface area contributed by atoms with E-state index in [4.69, 9.17) is 10.8 Å². The van der Waals surface area contributed by atoms with Gasteiger partial charge >= 0.3 is 11.9 Å². The third-order valence-corrected chi connectivity index (χ3v) is 4.39. The van der Waals surface area contributed by atoms with Crippen LogP contribution in [0.4, 0.5) is 0 Å². The first-order valence-corrected chi connectivity index (χ1v) is 8.93. The summed E-state index contributed by atoms with van der Waals surface area (Å²) in [7, 11) is 0. The van der Waals surface area contributed by atoms with Crippen molar-refractivity contribution in [1.29, 1.82) is 0 Å². The summed E-state index contributed by atoms with van der Waals surface area (Å²) < 4.78 is 0. The van der Waals surface area contributed by atoms with Gasteiger partial charge in [-0.1, -0.05) is 20.3 Å². The van der Waals surface area contributed by atoms with Gasteiger partial charge in [-0.15, -0.1) is 0 Å². The van der Waals surface area contributed by atoms with Crippen molar-refractivity contribution in [2.24, 2.45) is 11.7 Å². The second-order valence-corrected chi connectivity index (χ2v) is 6.59. The Bertz CT molecular complexity index is 678. The molecule has 0 aliphatic heterocycles. The van der Waals surface area contributed by atoms with Crippen LogP contribution < -0.4 is 16.4 Å². The molecule has 1 heterocycles. The molecule has 0 saturated carbocycles. The third kappa shape index (κ3) is 7.35. The van der Waals surface area contributed by atoms with Crippen molar-refractivity contribution < 1.29 is 29.4 Å². The number of amides is 2. The molecule has 2 amide bonds. The van der Waals surface area contributed by atoms with E-state index in [1.165, 1.54) is 12.5 Å². The van der Waals surface area contributed by atoms with E-state index in [0.29, 0.717) is 12.1 Å².